The fourth-order valence-electron chi connectivity index (χ4n) is 8.36. The van der Waals surface area contributed by atoms with Gasteiger partial charge >= 0.3 is 5.97 Å². The minimum absolute atomic E-state index is 0.0740. The maximum atomic E-state index is 14.8. The Balaban J connectivity index is 1.32. The molecule has 7 aromatic rings. The van der Waals surface area contributed by atoms with Crippen molar-refractivity contribution in [2.75, 3.05) is 13.7 Å². The van der Waals surface area contributed by atoms with Crippen molar-refractivity contribution in [2.45, 2.75) is 58.3 Å². The van der Waals surface area contributed by atoms with Gasteiger partial charge in [0.2, 0.25) is 17.2 Å². The predicted octanol–water partition coefficient (Wildman–Crippen LogP) is 3.03. The van der Waals surface area contributed by atoms with E-state index in [0.29, 0.717) is 12.0 Å². The lowest BCUT2D eigenvalue weighted by Crippen LogP contribution is -2.63. The third-order valence-corrected chi connectivity index (χ3v) is 11.7. The first kappa shape index (κ1) is 40.2. The minimum atomic E-state index is -1.22. The van der Waals surface area contributed by atoms with Crippen LogP contribution >= 0.6 is 0 Å². The summed E-state index contributed by atoms with van der Waals surface area (Å²) in [5.74, 6) is -5.13. The number of carbonyl (C=O) groups is 3. The molecule has 61 heavy (non-hydrogen) atoms. The van der Waals surface area contributed by atoms with E-state index in [1.807, 2.05) is 6.92 Å². The molecule has 8 rings (SSSR count). The molecule has 6 aromatic carbocycles. The molecular formula is C45H37N3O13. The lowest BCUT2D eigenvalue weighted by Gasteiger charge is -2.37. The predicted molar refractivity (Wildman–Crippen MR) is 225 cm³/mol. The molecular weight excluding hydrogens is 791 g/mol. The second-order valence-electron chi connectivity index (χ2n) is 15.1. The van der Waals surface area contributed by atoms with Crippen molar-refractivity contribution in [1.29, 1.82) is 0 Å². The molecule has 1 fully saturated rings. The molecule has 16 heteroatoms. The Morgan fingerprint density at radius 1 is 0.770 bits per heavy atom. The number of benzene rings is 6. The number of ether oxygens (including phenoxy) is 2. The van der Waals surface area contributed by atoms with E-state index in [4.69, 9.17) is 9.47 Å². The van der Waals surface area contributed by atoms with Crippen molar-refractivity contribution < 1.29 is 39.2 Å². The van der Waals surface area contributed by atoms with Crippen molar-refractivity contribution >= 4 is 71.6 Å². The highest BCUT2D eigenvalue weighted by atomic mass is 16.5. The number of methoxy groups -OCH3 is 1. The number of carbonyl (C=O) groups excluding carboxylic acids is 3. The van der Waals surface area contributed by atoms with Gasteiger partial charge in [-0.3, -0.25) is 33.6 Å². The van der Waals surface area contributed by atoms with Crippen molar-refractivity contribution in [1.82, 2.24) is 14.8 Å². The average Bonchev–Trinajstić information content (AvgIpc) is 3.25. The number of esters is 1. The summed E-state index contributed by atoms with van der Waals surface area (Å²) >= 11 is 0. The van der Waals surface area contributed by atoms with Gasteiger partial charge in [0.15, 0.2) is 16.3 Å². The molecule has 3 atom stereocenters. The number of pyridine rings is 1. The highest BCUT2D eigenvalue weighted by Crippen LogP contribution is 2.46. The monoisotopic (exact) mass is 827 g/mol. The first-order chi connectivity index (χ1) is 29.1. The number of fused-ring (bicyclic) bond motifs is 6. The maximum Gasteiger partial charge on any atom is 0.330 e. The number of nitrogens with one attached hydrogen (secondary N) is 1. The van der Waals surface area contributed by atoms with Crippen molar-refractivity contribution in [3.05, 3.63) is 123 Å². The number of phenols is 3. The van der Waals surface area contributed by atoms with E-state index < -0.39 is 125 Å². The normalized spacial score (nSPS) is 16.1. The molecule has 1 aliphatic heterocycles. The third kappa shape index (κ3) is 6.12. The van der Waals surface area contributed by atoms with E-state index in [0.717, 1.165) is 21.6 Å². The van der Waals surface area contributed by atoms with E-state index >= 15 is 0 Å². The van der Waals surface area contributed by atoms with Gasteiger partial charge in [-0.1, -0.05) is 44.2 Å². The van der Waals surface area contributed by atoms with E-state index in [9.17, 15) is 53.7 Å². The molecule has 310 valence electrons. The van der Waals surface area contributed by atoms with Crippen LogP contribution in [0.1, 0.15) is 44.4 Å². The quantitative estimate of drug-likeness (QED) is 0.0748. The molecule has 0 bridgehead atoms. The number of rotatable bonds is 8. The van der Waals surface area contributed by atoms with Crippen LogP contribution in [-0.4, -0.2) is 68.3 Å². The summed E-state index contributed by atoms with van der Waals surface area (Å²) < 4.78 is 12.1. The van der Waals surface area contributed by atoms with Gasteiger partial charge in [-0.2, -0.15) is 0 Å². The van der Waals surface area contributed by atoms with Gasteiger partial charge in [0.05, 0.1) is 40.6 Å². The van der Waals surface area contributed by atoms with E-state index in [2.05, 4.69) is 5.32 Å². The summed E-state index contributed by atoms with van der Waals surface area (Å²) in [6, 6.07) is 12.4. The first-order valence-corrected chi connectivity index (χ1v) is 19.3. The second kappa shape index (κ2) is 14.9. The van der Waals surface area contributed by atoms with E-state index in [-0.39, 0.29) is 40.8 Å². The van der Waals surface area contributed by atoms with Crippen LogP contribution in [0.5, 0.6) is 23.0 Å². The molecule has 1 aliphatic rings. The number of nitrogens with zero attached hydrogens (tertiary/aromatic N) is 2. The molecule has 2 amide bonds. The lowest BCUT2D eigenvalue weighted by atomic mass is 9.91. The van der Waals surface area contributed by atoms with Crippen LogP contribution < -0.4 is 37.3 Å². The second-order valence-corrected chi connectivity index (χ2v) is 15.1. The van der Waals surface area contributed by atoms with Crippen molar-refractivity contribution in [2.24, 2.45) is 0 Å². The van der Waals surface area contributed by atoms with Gasteiger partial charge in [0, 0.05) is 32.6 Å². The third-order valence-electron chi connectivity index (χ3n) is 11.7. The summed E-state index contributed by atoms with van der Waals surface area (Å²) in [6.07, 6.45) is 0.455. The zero-order chi connectivity index (χ0) is 43.8. The van der Waals surface area contributed by atoms with Gasteiger partial charge in [-0.05, 0) is 55.2 Å². The largest absolute Gasteiger partial charge is 0.507 e. The van der Waals surface area contributed by atoms with Crippen LogP contribution in [0.3, 0.4) is 0 Å². The maximum absolute atomic E-state index is 14.8. The average molecular weight is 828 g/mol. The van der Waals surface area contributed by atoms with Crippen LogP contribution in [-0.2, 0) is 32.3 Å². The number of aromatic nitrogens is 1. The van der Waals surface area contributed by atoms with E-state index in [1.54, 1.807) is 37.3 Å². The first-order valence-electron chi connectivity index (χ1n) is 19.3. The molecule has 3 unspecified atom stereocenters. The molecule has 0 saturated carbocycles. The summed E-state index contributed by atoms with van der Waals surface area (Å²) in [4.78, 5) is 111. The molecule has 4 N–H and O–H groups in total. The Morgan fingerprint density at radius 2 is 1.38 bits per heavy atom. The number of hydrogen-bond donors (Lipinski definition) is 4. The molecule has 1 aromatic heterocycles. The van der Waals surface area contributed by atoms with Crippen LogP contribution in [0.15, 0.2) is 84.6 Å². The Bertz CT molecular complexity index is 3350. The molecule has 0 aliphatic carbocycles. The van der Waals surface area contributed by atoms with Crippen LogP contribution in [0.25, 0.3) is 53.9 Å². The standard InChI is InChI=1S/C45H37N3O13/c1-5-19(2)26-15-24-32(44(58)48(26)17-29(51)47-16-25(46-43(57)20(47)3)45(59)61-18-21-9-7-6-8-10-21)38(53)30-22(37(24)52)11-12-23-31(30)39(54)35-36(42(23)60-4)41(56)34-28(50)14-13-27(49)33(34)40(35)55/h6-15,19-20,25,52,55-56H,5,16-18H2,1-4H3,(H,46,57). The van der Waals surface area contributed by atoms with Crippen LogP contribution in [0.2, 0.25) is 0 Å². The molecule has 0 radical (unpaired) electrons. The molecule has 1 saturated heterocycles. The number of phenolic OH excluding ortho intramolecular Hbond substituents is 3. The van der Waals surface area contributed by atoms with E-state index in [1.165, 1.54) is 32.2 Å². The number of amides is 2. The molecule has 16 nitrogen and oxygen atoms in total. The van der Waals surface area contributed by atoms with Gasteiger partial charge in [-0.25, -0.2) is 4.79 Å². The van der Waals surface area contributed by atoms with Crippen molar-refractivity contribution in [3.63, 3.8) is 0 Å². The lowest BCUT2D eigenvalue weighted by molar-refractivity contribution is -0.156. The SMILES string of the molecule is CCC(C)c1cc2c(O)c3ccc4c(OC)c5c(O)c6c(=O)ccc(=O)c6c(O)c5c(=O)c4c3c(=O)c2c(=O)n1CC(=O)N1CC(C(=O)OCc2ccccc2)NC(=O)C1C. The van der Waals surface area contributed by atoms with Crippen molar-refractivity contribution in [3.8, 4) is 23.0 Å². The zero-order valence-corrected chi connectivity index (χ0v) is 33.2. The Hall–Kier alpha value is -7.62. The smallest absolute Gasteiger partial charge is 0.330 e. The number of aromatic hydroxyl groups is 3. The fourth-order valence-corrected chi connectivity index (χ4v) is 8.36. The molecule has 2 heterocycles. The fraction of sp³-hybridized carbons (Fsp3) is 0.244. The molecule has 0 spiro atoms. The van der Waals surface area contributed by atoms with Gasteiger partial charge in [0.1, 0.15) is 48.2 Å². The Labute approximate surface area is 343 Å². The van der Waals surface area contributed by atoms with Crippen LogP contribution in [0.4, 0.5) is 0 Å². The topological polar surface area (TPSA) is 236 Å². The zero-order valence-electron chi connectivity index (χ0n) is 33.2. The van der Waals surface area contributed by atoms with Gasteiger partial charge < -0.3 is 39.6 Å². The van der Waals surface area contributed by atoms with Crippen LogP contribution in [0, 0.1) is 0 Å². The Kier molecular flexibility index (Phi) is 9.80. The summed E-state index contributed by atoms with van der Waals surface area (Å²) in [7, 11) is 1.18. The van der Waals surface area contributed by atoms with Gasteiger partial charge in [0.25, 0.3) is 5.56 Å². The highest BCUT2D eigenvalue weighted by molar-refractivity contribution is 6.24. The summed E-state index contributed by atoms with van der Waals surface area (Å²) in [5, 5.41) is 33.1. The number of piperazine rings is 1. The summed E-state index contributed by atoms with van der Waals surface area (Å²) in [5.41, 5.74) is -3.83. The minimum Gasteiger partial charge on any atom is -0.507 e. The highest BCUT2D eigenvalue weighted by Gasteiger charge is 2.39. The van der Waals surface area contributed by atoms with Gasteiger partial charge in [-0.15, -0.1) is 0 Å². The number of hydrogen-bond acceptors (Lipinski definition) is 13. The Morgan fingerprint density at radius 3 is 2.02 bits per heavy atom. The summed E-state index contributed by atoms with van der Waals surface area (Å²) in [6.45, 7) is 4.02.